The van der Waals surface area contributed by atoms with Crippen molar-refractivity contribution in [2.45, 2.75) is 16.3 Å². The van der Waals surface area contributed by atoms with Crippen LogP contribution in [0.3, 0.4) is 0 Å². The number of halogens is 4. The summed E-state index contributed by atoms with van der Waals surface area (Å²) in [7, 11) is 3.82. The molecule has 5 rings (SSSR count). The molecule has 0 saturated carbocycles. The fraction of sp³-hybridized carbons (Fsp3) is 0.103. The van der Waals surface area contributed by atoms with Gasteiger partial charge in [-0.15, -0.1) is 11.8 Å². The number of carbonyl (C=O) groups excluding carboxylic acids is 3. The van der Waals surface area contributed by atoms with Gasteiger partial charge in [-0.05, 0) is 77.9 Å². The van der Waals surface area contributed by atoms with Crippen molar-refractivity contribution in [3.05, 3.63) is 160 Å². The summed E-state index contributed by atoms with van der Waals surface area (Å²) in [5.41, 5.74) is 1.40. The van der Waals surface area contributed by atoms with Crippen LogP contribution in [0, 0.1) is 0 Å². The molecular weight excluding hydrogens is 697 g/mol. The largest absolute Gasteiger partial charge is 0.418 e. The van der Waals surface area contributed by atoms with Gasteiger partial charge in [0.15, 0.2) is 0 Å². The van der Waals surface area contributed by atoms with Gasteiger partial charge in [-0.1, -0.05) is 78.3 Å². The molecular formula is C39H32ClF3N4O3S. The second kappa shape index (κ2) is 16.5. The summed E-state index contributed by atoms with van der Waals surface area (Å²) in [6, 6.07) is 34.3. The second-order valence-corrected chi connectivity index (χ2v) is 13.0. The SMILES string of the molecule is CN(C)c1ccc(/C=C(/NC(=O)c2ccccc2)C(=O)Nc2cccc(SC(C(=O)Nc3ccc(Cl)cc3C(F)(F)F)c3ccccc3)c2)cc1. The van der Waals surface area contributed by atoms with Crippen LogP contribution in [0.2, 0.25) is 5.02 Å². The van der Waals surface area contributed by atoms with Crippen LogP contribution < -0.4 is 20.9 Å². The number of anilines is 3. The van der Waals surface area contributed by atoms with E-state index in [2.05, 4.69) is 16.0 Å². The molecule has 0 fully saturated rings. The highest BCUT2D eigenvalue weighted by atomic mass is 35.5. The molecule has 1 unspecified atom stereocenters. The molecule has 5 aromatic carbocycles. The molecule has 5 aromatic rings. The van der Waals surface area contributed by atoms with Crippen molar-refractivity contribution in [2.24, 2.45) is 0 Å². The van der Waals surface area contributed by atoms with Crippen molar-refractivity contribution < 1.29 is 27.6 Å². The summed E-state index contributed by atoms with van der Waals surface area (Å²) < 4.78 is 41.4. The van der Waals surface area contributed by atoms with Gasteiger partial charge in [0.1, 0.15) is 10.9 Å². The number of alkyl halides is 3. The molecule has 0 aromatic heterocycles. The lowest BCUT2D eigenvalue weighted by Gasteiger charge is -2.20. The van der Waals surface area contributed by atoms with Gasteiger partial charge in [0.2, 0.25) is 5.91 Å². The maximum absolute atomic E-state index is 13.8. The number of nitrogens with zero attached hydrogens (tertiary/aromatic N) is 1. The number of rotatable bonds is 11. The Kier molecular flexibility index (Phi) is 11.9. The van der Waals surface area contributed by atoms with Crippen molar-refractivity contribution in [1.82, 2.24) is 5.32 Å². The van der Waals surface area contributed by atoms with Crippen molar-refractivity contribution in [3.63, 3.8) is 0 Å². The van der Waals surface area contributed by atoms with E-state index < -0.39 is 40.4 Å². The van der Waals surface area contributed by atoms with Gasteiger partial charge in [-0.2, -0.15) is 13.2 Å². The summed E-state index contributed by atoms with van der Waals surface area (Å²) in [5, 5.41) is 6.88. The molecule has 0 heterocycles. The molecule has 0 bridgehead atoms. The summed E-state index contributed by atoms with van der Waals surface area (Å²) in [4.78, 5) is 42.9. The van der Waals surface area contributed by atoms with E-state index in [1.165, 1.54) is 6.07 Å². The third-order valence-electron chi connectivity index (χ3n) is 7.48. The quantitative estimate of drug-likeness (QED) is 0.0932. The van der Waals surface area contributed by atoms with Crippen LogP contribution in [-0.4, -0.2) is 31.8 Å². The van der Waals surface area contributed by atoms with Crippen LogP contribution in [0.15, 0.2) is 138 Å². The smallest absolute Gasteiger partial charge is 0.378 e. The predicted octanol–water partition coefficient (Wildman–Crippen LogP) is 9.31. The average Bonchev–Trinajstić information content (AvgIpc) is 3.11. The number of nitrogens with one attached hydrogen (secondary N) is 3. The first-order valence-electron chi connectivity index (χ1n) is 15.5. The first kappa shape index (κ1) is 36.8. The van der Waals surface area contributed by atoms with Gasteiger partial charge < -0.3 is 20.9 Å². The summed E-state index contributed by atoms with van der Waals surface area (Å²) in [6.45, 7) is 0. The Morgan fingerprint density at radius 3 is 2.10 bits per heavy atom. The monoisotopic (exact) mass is 728 g/mol. The van der Waals surface area contributed by atoms with Gasteiger partial charge in [-0.3, -0.25) is 14.4 Å². The van der Waals surface area contributed by atoms with E-state index in [0.717, 1.165) is 29.6 Å². The van der Waals surface area contributed by atoms with Gasteiger partial charge in [0.05, 0.1) is 11.3 Å². The molecule has 0 aliphatic carbocycles. The molecule has 0 radical (unpaired) electrons. The van der Waals surface area contributed by atoms with Crippen molar-refractivity contribution in [1.29, 1.82) is 0 Å². The number of benzene rings is 5. The Morgan fingerprint density at radius 1 is 0.784 bits per heavy atom. The molecule has 12 heteroatoms. The molecule has 3 amide bonds. The summed E-state index contributed by atoms with van der Waals surface area (Å²) in [5.74, 6) is -1.77. The maximum Gasteiger partial charge on any atom is 0.418 e. The first-order valence-corrected chi connectivity index (χ1v) is 16.8. The van der Waals surface area contributed by atoms with E-state index in [1.54, 1.807) is 91.0 Å². The Labute approximate surface area is 302 Å². The Balaban J connectivity index is 1.40. The Hall–Kier alpha value is -5.52. The van der Waals surface area contributed by atoms with E-state index in [1.807, 2.05) is 43.3 Å². The van der Waals surface area contributed by atoms with Crippen LogP contribution in [0.4, 0.5) is 30.2 Å². The number of thioether (sulfide) groups is 1. The van der Waals surface area contributed by atoms with Gasteiger partial charge >= 0.3 is 6.18 Å². The zero-order chi connectivity index (χ0) is 36.5. The first-order chi connectivity index (χ1) is 24.4. The van der Waals surface area contributed by atoms with Crippen LogP contribution in [0.25, 0.3) is 6.08 Å². The minimum Gasteiger partial charge on any atom is -0.378 e. The van der Waals surface area contributed by atoms with Crippen LogP contribution in [-0.2, 0) is 15.8 Å². The Morgan fingerprint density at radius 2 is 1.45 bits per heavy atom. The number of hydrogen-bond acceptors (Lipinski definition) is 5. The highest BCUT2D eigenvalue weighted by Gasteiger charge is 2.35. The normalized spacial score (nSPS) is 12.1. The lowest BCUT2D eigenvalue weighted by molar-refractivity contribution is -0.137. The number of hydrogen-bond donors (Lipinski definition) is 3. The lowest BCUT2D eigenvalue weighted by atomic mass is 10.1. The number of amides is 3. The fourth-order valence-corrected chi connectivity index (χ4v) is 6.17. The van der Waals surface area contributed by atoms with Gasteiger partial charge in [-0.25, -0.2) is 0 Å². The third-order valence-corrected chi connectivity index (χ3v) is 8.96. The zero-order valence-electron chi connectivity index (χ0n) is 27.4. The molecule has 260 valence electrons. The highest BCUT2D eigenvalue weighted by molar-refractivity contribution is 8.00. The van der Waals surface area contributed by atoms with E-state index in [-0.39, 0.29) is 10.7 Å². The molecule has 0 aliphatic heterocycles. The van der Waals surface area contributed by atoms with E-state index in [9.17, 15) is 27.6 Å². The minimum atomic E-state index is -4.75. The third kappa shape index (κ3) is 10.0. The van der Waals surface area contributed by atoms with Crippen molar-refractivity contribution in [3.8, 4) is 0 Å². The zero-order valence-corrected chi connectivity index (χ0v) is 28.9. The van der Waals surface area contributed by atoms with E-state index in [4.69, 9.17) is 11.6 Å². The topological polar surface area (TPSA) is 90.5 Å². The molecule has 0 spiro atoms. The van der Waals surface area contributed by atoms with Crippen molar-refractivity contribution in [2.75, 3.05) is 29.6 Å². The fourth-order valence-electron chi connectivity index (χ4n) is 4.92. The van der Waals surface area contributed by atoms with Gasteiger partial charge in [0, 0.05) is 41.0 Å². The summed E-state index contributed by atoms with van der Waals surface area (Å²) in [6.07, 6.45) is -3.19. The molecule has 0 saturated heterocycles. The average molecular weight is 729 g/mol. The molecule has 0 aliphatic rings. The van der Waals surface area contributed by atoms with Gasteiger partial charge in [0.25, 0.3) is 11.8 Å². The minimum absolute atomic E-state index is 0.00974. The summed E-state index contributed by atoms with van der Waals surface area (Å²) >= 11 is 6.92. The lowest BCUT2D eigenvalue weighted by Crippen LogP contribution is -2.30. The molecule has 3 N–H and O–H groups in total. The predicted molar refractivity (Wildman–Crippen MR) is 198 cm³/mol. The van der Waals surface area contributed by atoms with E-state index >= 15 is 0 Å². The molecule has 51 heavy (non-hydrogen) atoms. The Bertz CT molecular complexity index is 2040. The number of carbonyl (C=O) groups is 3. The molecule has 1 atom stereocenters. The molecule has 7 nitrogen and oxygen atoms in total. The maximum atomic E-state index is 13.8. The standard InChI is InChI=1S/C39H32ClF3N4O3S/c1-47(2)30-19-16-25(17-20-30)22-34(46-36(48)27-12-7-4-8-13-27)37(49)44-29-14-9-15-31(24-29)51-35(26-10-5-3-6-11-26)38(50)45-33-21-18-28(40)23-32(33)39(41,42)43/h3-24,35H,1-2H3,(H,44,49)(H,45,50)(H,46,48)/b34-22+. The van der Waals surface area contributed by atoms with Crippen LogP contribution in [0.1, 0.15) is 32.3 Å². The van der Waals surface area contributed by atoms with Crippen LogP contribution >= 0.6 is 23.4 Å². The van der Waals surface area contributed by atoms with E-state index in [0.29, 0.717) is 27.3 Å². The highest BCUT2D eigenvalue weighted by Crippen LogP contribution is 2.40. The second-order valence-electron chi connectivity index (χ2n) is 11.4. The van der Waals surface area contributed by atoms with Crippen LogP contribution in [0.5, 0.6) is 0 Å². The van der Waals surface area contributed by atoms with Crippen molar-refractivity contribution >= 4 is 64.2 Å².